The average Bonchev–Trinajstić information content (AvgIpc) is 3.30. The Hall–Kier alpha value is -3.49. The number of hydrogen-bond acceptors (Lipinski definition) is 6. The van der Waals surface area contributed by atoms with E-state index < -0.39 is 11.9 Å². The van der Waals surface area contributed by atoms with Gasteiger partial charge in [0.2, 0.25) is 0 Å². The third kappa shape index (κ3) is 4.18. The van der Waals surface area contributed by atoms with Crippen LogP contribution in [-0.4, -0.2) is 63.1 Å². The lowest BCUT2D eigenvalue weighted by atomic mass is 10.2. The molecular formula is C20H21FN6O2. The molecule has 9 heteroatoms. The second-order valence-electron chi connectivity index (χ2n) is 6.70. The van der Waals surface area contributed by atoms with Crippen LogP contribution in [0.4, 0.5) is 10.2 Å². The number of benzene rings is 1. The fourth-order valence-corrected chi connectivity index (χ4v) is 3.21. The van der Waals surface area contributed by atoms with Crippen LogP contribution in [0.3, 0.4) is 0 Å². The Morgan fingerprint density at radius 2 is 1.76 bits per heavy atom. The molecule has 2 aromatic heterocycles. The average molecular weight is 396 g/mol. The number of halogens is 1. The number of aromatic nitrogens is 4. The smallest absolute Gasteiger partial charge is 0.263 e. The van der Waals surface area contributed by atoms with Crippen molar-refractivity contribution >= 4 is 11.7 Å². The van der Waals surface area contributed by atoms with E-state index in [0.29, 0.717) is 32.0 Å². The Morgan fingerprint density at radius 1 is 1.03 bits per heavy atom. The molecule has 0 bridgehead atoms. The van der Waals surface area contributed by atoms with Crippen LogP contribution in [0.25, 0.3) is 5.82 Å². The maximum absolute atomic E-state index is 13.7. The summed E-state index contributed by atoms with van der Waals surface area (Å²) in [6.07, 6.45) is 2.73. The molecule has 0 N–H and O–H groups in total. The summed E-state index contributed by atoms with van der Waals surface area (Å²) in [7, 11) is 0. The van der Waals surface area contributed by atoms with Crippen molar-refractivity contribution in [1.82, 2.24) is 24.9 Å². The summed E-state index contributed by atoms with van der Waals surface area (Å²) in [6.45, 7) is 3.97. The summed E-state index contributed by atoms with van der Waals surface area (Å²) < 4.78 is 20.9. The highest BCUT2D eigenvalue weighted by molar-refractivity contribution is 5.81. The van der Waals surface area contributed by atoms with Crippen LogP contribution in [0.2, 0.25) is 0 Å². The zero-order valence-corrected chi connectivity index (χ0v) is 16.0. The number of carbonyl (C=O) groups excluding carboxylic acids is 1. The monoisotopic (exact) mass is 396 g/mol. The van der Waals surface area contributed by atoms with Gasteiger partial charge in [0.15, 0.2) is 29.3 Å². The molecule has 1 fully saturated rings. The van der Waals surface area contributed by atoms with Crippen molar-refractivity contribution in [3.8, 4) is 11.6 Å². The molecule has 0 radical (unpaired) electrons. The van der Waals surface area contributed by atoms with Crippen molar-refractivity contribution in [2.75, 3.05) is 31.1 Å². The van der Waals surface area contributed by atoms with E-state index in [-0.39, 0.29) is 11.7 Å². The van der Waals surface area contributed by atoms with Gasteiger partial charge in [-0.2, -0.15) is 5.10 Å². The predicted molar refractivity (Wildman–Crippen MR) is 104 cm³/mol. The molecule has 1 saturated heterocycles. The minimum atomic E-state index is -0.758. The van der Waals surface area contributed by atoms with Gasteiger partial charge < -0.3 is 14.5 Å². The van der Waals surface area contributed by atoms with E-state index in [4.69, 9.17) is 4.74 Å². The van der Waals surface area contributed by atoms with E-state index in [2.05, 4.69) is 20.2 Å². The second kappa shape index (κ2) is 8.26. The van der Waals surface area contributed by atoms with Crippen molar-refractivity contribution in [2.45, 2.75) is 13.0 Å². The molecule has 1 aliphatic heterocycles. The Kier molecular flexibility index (Phi) is 5.37. The van der Waals surface area contributed by atoms with E-state index in [1.807, 2.05) is 18.2 Å². The first kappa shape index (κ1) is 18.9. The van der Waals surface area contributed by atoms with Crippen molar-refractivity contribution in [1.29, 1.82) is 0 Å². The van der Waals surface area contributed by atoms with Crippen LogP contribution in [0.5, 0.6) is 5.75 Å². The molecule has 3 aromatic rings. The first-order chi connectivity index (χ1) is 14.1. The van der Waals surface area contributed by atoms with Gasteiger partial charge in [-0.15, -0.1) is 10.2 Å². The first-order valence-corrected chi connectivity index (χ1v) is 9.40. The number of nitrogens with zero attached hydrogens (tertiary/aromatic N) is 6. The maximum atomic E-state index is 13.7. The zero-order chi connectivity index (χ0) is 20.2. The molecule has 1 aromatic carbocycles. The SMILES string of the molecule is CC(Oc1ccccc1F)C(=O)N1CCN(c2ccc(-n3cccn3)nn2)CC1. The van der Waals surface area contributed by atoms with E-state index >= 15 is 0 Å². The van der Waals surface area contributed by atoms with Crippen LogP contribution >= 0.6 is 0 Å². The van der Waals surface area contributed by atoms with E-state index in [1.165, 1.54) is 12.1 Å². The lowest BCUT2D eigenvalue weighted by molar-refractivity contribution is -0.138. The number of rotatable bonds is 5. The van der Waals surface area contributed by atoms with Crippen molar-refractivity contribution in [3.63, 3.8) is 0 Å². The summed E-state index contributed by atoms with van der Waals surface area (Å²) in [5.74, 6) is 0.844. The Bertz CT molecular complexity index is 955. The van der Waals surface area contributed by atoms with Crippen molar-refractivity contribution in [2.24, 2.45) is 0 Å². The third-order valence-electron chi connectivity index (χ3n) is 4.78. The fraction of sp³-hybridized carbons (Fsp3) is 0.300. The number of anilines is 1. The number of carbonyl (C=O) groups is 1. The number of para-hydroxylation sites is 1. The summed E-state index contributed by atoms with van der Waals surface area (Å²) >= 11 is 0. The predicted octanol–water partition coefficient (Wildman–Crippen LogP) is 1.92. The van der Waals surface area contributed by atoms with Gasteiger partial charge in [0.1, 0.15) is 0 Å². The summed E-state index contributed by atoms with van der Waals surface area (Å²) in [6, 6.07) is 11.7. The molecule has 1 unspecified atom stereocenters. The Labute approximate surface area is 167 Å². The third-order valence-corrected chi connectivity index (χ3v) is 4.78. The van der Waals surface area contributed by atoms with Crippen LogP contribution < -0.4 is 9.64 Å². The number of ether oxygens (including phenoxy) is 1. The van der Waals surface area contributed by atoms with Crippen LogP contribution in [-0.2, 0) is 4.79 Å². The molecule has 1 atom stereocenters. The van der Waals surface area contributed by atoms with E-state index in [1.54, 1.807) is 41.0 Å². The van der Waals surface area contributed by atoms with Crippen molar-refractivity contribution in [3.05, 3.63) is 60.7 Å². The Balaban J connectivity index is 1.33. The van der Waals surface area contributed by atoms with Gasteiger partial charge >= 0.3 is 0 Å². The zero-order valence-electron chi connectivity index (χ0n) is 16.0. The fourth-order valence-electron chi connectivity index (χ4n) is 3.21. The lowest BCUT2D eigenvalue weighted by Crippen LogP contribution is -2.52. The largest absolute Gasteiger partial charge is 0.478 e. The van der Waals surface area contributed by atoms with Crippen molar-refractivity contribution < 1.29 is 13.9 Å². The lowest BCUT2D eigenvalue weighted by Gasteiger charge is -2.36. The molecular weight excluding hydrogens is 375 g/mol. The number of piperazine rings is 1. The van der Waals surface area contributed by atoms with Gasteiger partial charge in [0.05, 0.1) is 0 Å². The standard InChI is InChI=1S/C20H21FN6O2/c1-15(29-17-6-3-2-5-16(17)21)20(28)26-13-11-25(12-14-26)18-7-8-19(24-23-18)27-10-4-9-22-27/h2-10,15H,11-14H2,1H3. The molecule has 0 aliphatic carbocycles. The van der Waals surface area contributed by atoms with Gasteiger partial charge in [0, 0.05) is 38.6 Å². The summed E-state index contributed by atoms with van der Waals surface area (Å²) in [5, 5.41) is 12.6. The van der Waals surface area contributed by atoms with Gasteiger partial charge in [0.25, 0.3) is 5.91 Å². The summed E-state index contributed by atoms with van der Waals surface area (Å²) in [5.41, 5.74) is 0. The van der Waals surface area contributed by atoms with Gasteiger partial charge in [-0.05, 0) is 37.3 Å². The minimum Gasteiger partial charge on any atom is -0.478 e. The second-order valence-corrected chi connectivity index (χ2v) is 6.70. The minimum absolute atomic E-state index is 0.0829. The summed E-state index contributed by atoms with van der Waals surface area (Å²) in [4.78, 5) is 16.5. The molecule has 0 saturated carbocycles. The number of hydrogen-bond donors (Lipinski definition) is 0. The molecule has 4 rings (SSSR count). The number of amides is 1. The van der Waals surface area contributed by atoms with Gasteiger partial charge in [-0.25, -0.2) is 9.07 Å². The quantitative estimate of drug-likeness (QED) is 0.656. The Morgan fingerprint density at radius 3 is 2.41 bits per heavy atom. The normalized spacial score (nSPS) is 15.2. The molecule has 29 heavy (non-hydrogen) atoms. The van der Waals surface area contributed by atoms with Crippen LogP contribution in [0.15, 0.2) is 54.9 Å². The molecule has 150 valence electrons. The van der Waals surface area contributed by atoms with E-state index in [0.717, 1.165) is 5.82 Å². The van der Waals surface area contributed by atoms with Crippen LogP contribution in [0.1, 0.15) is 6.92 Å². The molecule has 8 nitrogen and oxygen atoms in total. The highest BCUT2D eigenvalue weighted by atomic mass is 19.1. The van der Waals surface area contributed by atoms with Crippen LogP contribution in [0, 0.1) is 5.82 Å². The van der Waals surface area contributed by atoms with E-state index in [9.17, 15) is 9.18 Å². The van der Waals surface area contributed by atoms with Gasteiger partial charge in [-0.3, -0.25) is 4.79 Å². The maximum Gasteiger partial charge on any atom is 0.263 e. The molecule has 1 amide bonds. The first-order valence-electron chi connectivity index (χ1n) is 9.40. The highest BCUT2D eigenvalue weighted by Crippen LogP contribution is 2.19. The topological polar surface area (TPSA) is 76.4 Å². The highest BCUT2D eigenvalue weighted by Gasteiger charge is 2.27. The molecule has 0 spiro atoms. The van der Waals surface area contributed by atoms with Gasteiger partial charge in [-0.1, -0.05) is 12.1 Å². The molecule has 1 aliphatic rings. The molecule has 3 heterocycles.